The van der Waals surface area contributed by atoms with Gasteiger partial charge >= 0.3 is 0 Å². The van der Waals surface area contributed by atoms with E-state index in [0.29, 0.717) is 0 Å². The molecule has 14 heavy (non-hydrogen) atoms. The number of aliphatic hydroxyl groups excluding tert-OH is 1. The number of hydrogen-bond donors (Lipinski definition) is 2. The van der Waals surface area contributed by atoms with Crippen molar-refractivity contribution in [3.63, 3.8) is 0 Å². The predicted molar refractivity (Wildman–Crippen MR) is 61.7 cm³/mol. The van der Waals surface area contributed by atoms with E-state index in [1.807, 2.05) is 0 Å². The van der Waals surface area contributed by atoms with E-state index in [2.05, 4.69) is 24.0 Å². The Morgan fingerprint density at radius 3 is 2.79 bits per heavy atom. The molecule has 0 amide bonds. The van der Waals surface area contributed by atoms with Gasteiger partial charge < -0.3 is 10.4 Å². The van der Waals surface area contributed by atoms with Gasteiger partial charge in [-0.05, 0) is 43.9 Å². The molecule has 82 valence electrons. The van der Waals surface area contributed by atoms with Crippen molar-refractivity contribution in [3.05, 3.63) is 0 Å². The van der Waals surface area contributed by atoms with Crippen LogP contribution >= 0.6 is 11.8 Å². The standard InChI is InChI=1S/C11H21NOS/c1-8-11(4-5-14-8)12-7-9-2-3-10(13)6-9/h8-13H,2-7H2,1H3. The quantitative estimate of drug-likeness (QED) is 0.750. The van der Waals surface area contributed by atoms with E-state index in [1.165, 1.54) is 18.6 Å². The Hall–Kier alpha value is 0.270. The maximum atomic E-state index is 9.41. The third kappa shape index (κ3) is 2.65. The van der Waals surface area contributed by atoms with Crippen molar-refractivity contribution in [2.24, 2.45) is 5.92 Å². The zero-order valence-corrected chi connectivity index (χ0v) is 9.72. The predicted octanol–water partition coefficient (Wildman–Crippen LogP) is 1.63. The Balaban J connectivity index is 1.67. The SMILES string of the molecule is CC1SCCC1NCC1CCC(O)C1. The van der Waals surface area contributed by atoms with Gasteiger partial charge in [-0.15, -0.1) is 0 Å². The summed E-state index contributed by atoms with van der Waals surface area (Å²) in [5, 5.41) is 13.9. The minimum Gasteiger partial charge on any atom is -0.393 e. The van der Waals surface area contributed by atoms with Crippen molar-refractivity contribution >= 4 is 11.8 Å². The van der Waals surface area contributed by atoms with Gasteiger partial charge in [-0.25, -0.2) is 0 Å². The van der Waals surface area contributed by atoms with E-state index in [1.54, 1.807) is 0 Å². The van der Waals surface area contributed by atoms with Crippen LogP contribution in [-0.4, -0.2) is 34.8 Å². The van der Waals surface area contributed by atoms with Gasteiger partial charge in [-0.1, -0.05) is 6.92 Å². The van der Waals surface area contributed by atoms with Crippen molar-refractivity contribution in [2.45, 2.75) is 50.0 Å². The number of nitrogens with one attached hydrogen (secondary N) is 1. The van der Waals surface area contributed by atoms with Crippen LogP contribution in [0.4, 0.5) is 0 Å². The molecule has 2 aliphatic rings. The van der Waals surface area contributed by atoms with Gasteiger partial charge in [0.15, 0.2) is 0 Å². The monoisotopic (exact) mass is 215 g/mol. The maximum absolute atomic E-state index is 9.41. The Morgan fingerprint density at radius 2 is 2.21 bits per heavy atom. The fourth-order valence-electron chi connectivity index (χ4n) is 2.55. The molecule has 2 nitrogen and oxygen atoms in total. The average molecular weight is 215 g/mol. The van der Waals surface area contributed by atoms with Gasteiger partial charge in [-0.3, -0.25) is 0 Å². The average Bonchev–Trinajstić information content (AvgIpc) is 2.72. The first kappa shape index (κ1) is 10.8. The second-order valence-electron chi connectivity index (χ2n) is 4.71. The zero-order valence-electron chi connectivity index (χ0n) is 8.91. The molecule has 0 radical (unpaired) electrons. The first-order valence-electron chi connectivity index (χ1n) is 5.78. The molecule has 1 saturated heterocycles. The largest absolute Gasteiger partial charge is 0.393 e. The van der Waals surface area contributed by atoms with Crippen LogP contribution < -0.4 is 5.32 Å². The summed E-state index contributed by atoms with van der Waals surface area (Å²) in [5.74, 6) is 2.04. The summed E-state index contributed by atoms with van der Waals surface area (Å²) in [5.41, 5.74) is 0. The summed E-state index contributed by atoms with van der Waals surface area (Å²) in [6, 6.07) is 0.720. The van der Waals surface area contributed by atoms with Gasteiger partial charge in [0.1, 0.15) is 0 Å². The number of hydrogen-bond acceptors (Lipinski definition) is 3. The lowest BCUT2D eigenvalue weighted by molar-refractivity contribution is 0.177. The summed E-state index contributed by atoms with van der Waals surface area (Å²) in [7, 11) is 0. The Morgan fingerprint density at radius 1 is 1.36 bits per heavy atom. The van der Waals surface area contributed by atoms with Crippen LogP contribution in [0.15, 0.2) is 0 Å². The van der Waals surface area contributed by atoms with E-state index in [-0.39, 0.29) is 6.10 Å². The molecule has 4 unspecified atom stereocenters. The molecule has 0 aromatic heterocycles. The van der Waals surface area contributed by atoms with Gasteiger partial charge in [0.25, 0.3) is 0 Å². The highest BCUT2D eigenvalue weighted by atomic mass is 32.2. The lowest BCUT2D eigenvalue weighted by Gasteiger charge is -2.19. The molecule has 0 spiro atoms. The molecule has 2 rings (SSSR count). The van der Waals surface area contributed by atoms with Crippen LogP contribution in [0, 0.1) is 5.92 Å². The molecule has 1 saturated carbocycles. The van der Waals surface area contributed by atoms with Crippen LogP contribution in [0.5, 0.6) is 0 Å². The third-order valence-electron chi connectivity index (χ3n) is 3.56. The van der Waals surface area contributed by atoms with E-state index < -0.39 is 0 Å². The fraction of sp³-hybridized carbons (Fsp3) is 1.00. The molecule has 0 aromatic rings. The topological polar surface area (TPSA) is 32.3 Å². The third-order valence-corrected chi connectivity index (χ3v) is 4.88. The van der Waals surface area contributed by atoms with Crippen LogP contribution in [0.25, 0.3) is 0 Å². The molecule has 1 aliphatic carbocycles. The van der Waals surface area contributed by atoms with Crippen molar-refractivity contribution in [1.82, 2.24) is 5.32 Å². The van der Waals surface area contributed by atoms with Crippen molar-refractivity contribution in [1.29, 1.82) is 0 Å². The lowest BCUT2D eigenvalue weighted by atomic mass is 10.1. The first-order chi connectivity index (χ1) is 6.75. The highest BCUT2D eigenvalue weighted by Crippen LogP contribution is 2.28. The number of rotatable bonds is 3. The van der Waals surface area contributed by atoms with Crippen molar-refractivity contribution < 1.29 is 5.11 Å². The van der Waals surface area contributed by atoms with E-state index in [0.717, 1.165) is 36.6 Å². The fourth-order valence-corrected chi connectivity index (χ4v) is 3.78. The molecule has 0 bridgehead atoms. The van der Waals surface area contributed by atoms with Crippen LogP contribution in [-0.2, 0) is 0 Å². The molecular weight excluding hydrogens is 194 g/mol. The van der Waals surface area contributed by atoms with E-state index in [9.17, 15) is 5.11 Å². The van der Waals surface area contributed by atoms with Crippen LogP contribution in [0.2, 0.25) is 0 Å². The molecule has 2 N–H and O–H groups in total. The van der Waals surface area contributed by atoms with Crippen molar-refractivity contribution in [3.8, 4) is 0 Å². The number of thioether (sulfide) groups is 1. The molecule has 2 fully saturated rings. The minimum atomic E-state index is -0.0165. The summed E-state index contributed by atoms with van der Waals surface area (Å²) < 4.78 is 0. The van der Waals surface area contributed by atoms with Gasteiger partial charge in [0, 0.05) is 11.3 Å². The van der Waals surface area contributed by atoms with Crippen LogP contribution in [0.1, 0.15) is 32.6 Å². The van der Waals surface area contributed by atoms with Gasteiger partial charge in [0.05, 0.1) is 6.10 Å². The smallest absolute Gasteiger partial charge is 0.0543 e. The second kappa shape index (κ2) is 4.86. The molecular formula is C11H21NOS. The summed E-state index contributed by atoms with van der Waals surface area (Å²) in [6.45, 7) is 3.44. The molecule has 0 aromatic carbocycles. The van der Waals surface area contributed by atoms with E-state index in [4.69, 9.17) is 0 Å². The normalized spacial score (nSPS) is 43.3. The van der Waals surface area contributed by atoms with Gasteiger partial charge in [0.2, 0.25) is 0 Å². The summed E-state index contributed by atoms with van der Waals surface area (Å²) in [6.07, 6.45) is 4.55. The highest BCUT2D eigenvalue weighted by molar-refractivity contribution is 8.00. The summed E-state index contributed by atoms with van der Waals surface area (Å²) >= 11 is 2.08. The first-order valence-corrected chi connectivity index (χ1v) is 6.83. The van der Waals surface area contributed by atoms with Gasteiger partial charge in [-0.2, -0.15) is 11.8 Å². The Kier molecular flexibility index (Phi) is 3.74. The second-order valence-corrected chi connectivity index (χ2v) is 6.20. The lowest BCUT2D eigenvalue weighted by Crippen LogP contribution is -2.36. The Labute approximate surface area is 90.8 Å². The van der Waals surface area contributed by atoms with Crippen molar-refractivity contribution in [2.75, 3.05) is 12.3 Å². The molecule has 3 heteroatoms. The Bertz CT molecular complexity index is 188. The zero-order chi connectivity index (χ0) is 9.97. The summed E-state index contributed by atoms with van der Waals surface area (Å²) in [4.78, 5) is 0. The maximum Gasteiger partial charge on any atom is 0.0543 e. The molecule has 1 aliphatic heterocycles. The number of aliphatic hydroxyl groups is 1. The van der Waals surface area contributed by atoms with Crippen LogP contribution in [0.3, 0.4) is 0 Å². The van der Waals surface area contributed by atoms with E-state index >= 15 is 0 Å². The molecule has 1 heterocycles. The molecule has 4 atom stereocenters. The minimum absolute atomic E-state index is 0.0165. The highest BCUT2D eigenvalue weighted by Gasteiger charge is 2.27.